The van der Waals surface area contributed by atoms with Crippen LogP contribution in [0.15, 0.2) is 0 Å². The van der Waals surface area contributed by atoms with Gasteiger partial charge in [0.25, 0.3) is 0 Å². The molecule has 2 N–H and O–H groups in total. The molecule has 1 aliphatic rings. The maximum Gasteiger partial charge on any atom is 0.235 e. The Morgan fingerprint density at radius 3 is 3.07 bits per heavy atom. The van der Waals surface area contributed by atoms with Gasteiger partial charge in [0.2, 0.25) is 5.91 Å². The smallest absolute Gasteiger partial charge is 0.235 e. The normalized spacial score (nSPS) is 26.2. The molecule has 0 radical (unpaired) electrons. The minimum absolute atomic E-state index is 0.0476. The van der Waals surface area contributed by atoms with Crippen molar-refractivity contribution in [3.63, 3.8) is 0 Å². The maximum absolute atomic E-state index is 11.3. The van der Waals surface area contributed by atoms with Crippen molar-refractivity contribution in [3.05, 3.63) is 0 Å². The zero-order valence-corrected chi connectivity index (χ0v) is 8.94. The van der Waals surface area contributed by atoms with Crippen LogP contribution in [0.25, 0.3) is 0 Å². The molecule has 0 saturated carbocycles. The van der Waals surface area contributed by atoms with E-state index in [1.54, 1.807) is 0 Å². The van der Waals surface area contributed by atoms with Gasteiger partial charge in [-0.3, -0.25) is 9.69 Å². The Morgan fingerprint density at radius 2 is 2.47 bits per heavy atom. The second kappa shape index (κ2) is 5.69. The SMILES string of the molecule is CC1CCN(CC(=O)NCC#N)C1CO. The first kappa shape index (κ1) is 12.0. The third-order valence-corrected chi connectivity index (χ3v) is 2.90. The summed E-state index contributed by atoms with van der Waals surface area (Å²) >= 11 is 0. The topological polar surface area (TPSA) is 76.4 Å². The van der Waals surface area contributed by atoms with E-state index in [2.05, 4.69) is 12.2 Å². The number of nitrogens with zero attached hydrogens (tertiary/aromatic N) is 2. The van der Waals surface area contributed by atoms with Crippen molar-refractivity contribution in [3.8, 4) is 6.07 Å². The van der Waals surface area contributed by atoms with Gasteiger partial charge in [-0.1, -0.05) is 6.92 Å². The molecule has 0 spiro atoms. The van der Waals surface area contributed by atoms with E-state index in [1.165, 1.54) is 0 Å². The summed E-state index contributed by atoms with van der Waals surface area (Å²) < 4.78 is 0. The lowest BCUT2D eigenvalue weighted by molar-refractivity contribution is -0.122. The summed E-state index contributed by atoms with van der Waals surface area (Å²) in [6.07, 6.45) is 1.01. The Balaban J connectivity index is 2.38. The van der Waals surface area contributed by atoms with E-state index in [4.69, 9.17) is 5.26 Å². The molecule has 0 aromatic heterocycles. The second-order valence-electron chi connectivity index (χ2n) is 3.92. The highest BCUT2D eigenvalue weighted by Gasteiger charge is 2.31. The molecule has 5 nitrogen and oxygen atoms in total. The summed E-state index contributed by atoms with van der Waals surface area (Å²) in [7, 11) is 0. The number of aliphatic hydroxyl groups is 1. The molecule has 2 unspecified atom stereocenters. The standard InChI is InChI=1S/C10H17N3O2/c1-8-2-5-13(9(8)7-14)6-10(15)12-4-3-11/h8-9,14H,2,4-7H2,1H3,(H,12,15). The number of rotatable bonds is 4. The van der Waals surface area contributed by atoms with E-state index in [-0.39, 0.29) is 31.6 Å². The summed E-state index contributed by atoms with van der Waals surface area (Å²) in [4.78, 5) is 13.3. The van der Waals surface area contributed by atoms with Crippen molar-refractivity contribution in [2.75, 3.05) is 26.2 Å². The second-order valence-corrected chi connectivity index (χ2v) is 3.92. The average molecular weight is 211 g/mol. The van der Waals surface area contributed by atoms with E-state index in [0.29, 0.717) is 5.92 Å². The molecule has 1 rings (SSSR count). The van der Waals surface area contributed by atoms with Gasteiger partial charge in [0, 0.05) is 6.04 Å². The van der Waals surface area contributed by atoms with E-state index < -0.39 is 0 Å². The van der Waals surface area contributed by atoms with E-state index in [0.717, 1.165) is 13.0 Å². The molecule has 1 aliphatic heterocycles. The van der Waals surface area contributed by atoms with Crippen molar-refractivity contribution in [1.29, 1.82) is 5.26 Å². The fourth-order valence-corrected chi connectivity index (χ4v) is 1.96. The molecule has 0 aliphatic carbocycles. The highest BCUT2D eigenvalue weighted by molar-refractivity contribution is 5.78. The Morgan fingerprint density at radius 1 is 1.73 bits per heavy atom. The minimum Gasteiger partial charge on any atom is -0.395 e. The van der Waals surface area contributed by atoms with Crippen LogP contribution in [0.5, 0.6) is 0 Å². The third kappa shape index (κ3) is 3.18. The number of hydrogen-bond donors (Lipinski definition) is 2. The first-order chi connectivity index (χ1) is 7.19. The molecular weight excluding hydrogens is 194 g/mol. The van der Waals surface area contributed by atoms with Crippen molar-refractivity contribution in [2.24, 2.45) is 5.92 Å². The number of hydrogen-bond acceptors (Lipinski definition) is 4. The van der Waals surface area contributed by atoms with Gasteiger partial charge >= 0.3 is 0 Å². The van der Waals surface area contributed by atoms with Crippen LogP contribution in [0.3, 0.4) is 0 Å². The van der Waals surface area contributed by atoms with Gasteiger partial charge in [0.05, 0.1) is 19.2 Å². The van der Waals surface area contributed by atoms with Crippen molar-refractivity contribution >= 4 is 5.91 Å². The van der Waals surface area contributed by atoms with Crippen LogP contribution < -0.4 is 5.32 Å². The molecule has 0 bridgehead atoms. The van der Waals surface area contributed by atoms with Gasteiger partial charge in [-0.2, -0.15) is 5.26 Å². The third-order valence-electron chi connectivity index (χ3n) is 2.90. The Bertz CT molecular complexity index is 262. The predicted molar refractivity (Wildman–Crippen MR) is 54.9 cm³/mol. The lowest BCUT2D eigenvalue weighted by atomic mass is 10.0. The maximum atomic E-state index is 11.3. The summed E-state index contributed by atoms with van der Waals surface area (Å²) in [6, 6.07) is 1.94. The highest BCUT2D eigenvalue weighted by atomic mass is 16.3. The fraction of sp³-hybridized carbons (Fsp3) is 0.800. The molecule has 1 saturated heterocycles. The van der Waals surface area contributed by atoms with Gasteiger partial charge in [-0.15, -0.1) is 0 Å². The number of amides is 1. The molecule has 2 atom stereocenters. The largest absolute Gasteiger partial charge is 0.395 e. The molecule has 1 heterocycles. The zero-order chi connectivity index (χ0) is 11.3. The van der Waals surface area contributed by atoms with Gasteiger partial charge in [-0.05, 0) is 18.9 Å². The Kier molecular flexibility index (Phi) is 4.53. The monoisotopic (exact) mass is 211 g/mol. The van der Waals surface area contributed by atoms with Crippen molar-refractivity contribution < 1.29 is 9.90 Å². The first-order valence-electron chi connectivity index (χ1n) is 5.17. The molecular formula is C10H17N3O2. The number of nitrogens with one attached hydrogen (secondary N) is 1. The van der Waals surface area contributed by atoms with Crippen LogP contribution in [-0.2, 0) is 4.79 Å². The molecule has 0 aromatic carbocycles. The quantitative estimate of drug-likeness (QED) is 0.605. The predicted octanol–water partition coefficient (Wildman–Crippen LogP) is -0.671. The van der Waals surface area contributed by atoms with Gasteiger partial charge in [0.1, 0.15) is 6.54 Å². The minimum atomic E-state index is -0.149. The van der Waals surface area contributed by atoms with Crippen LogP contribution >= 0.6 is 0 Å². The molecule has 0 aromatic rings. The van der Waals surface area contributed by atoms with E-state index in [1.807, 2.05) is 11.0 Å². The molecule has 1 fully saturated rings. The highest BCUT2D eigenvalue weighted by Crippen LogP contribution is 2.22. The van der Waals surface area contributed by atoms with E-state index in [9.17, 15) is 9.90 Å². The summed E-state index contributed by atoms with van der Waals surface area (Å²) in [6.45, 7) is 3.33. The summed E-state index contributed by atoms with van der Waals surface area (Å²) in [5.41, 5.74) is 0. The van der Waals surface area contributed by atoms with Gasteiger partial charge < -0.3 is 10.4 Å². The van der Waals surface area contributed by atoms with Crippen LogP contribution in [0, 0.1) is 17.2 Å². The number of carbonyl (C=O) groups excluding carboxylic acids is 1. The van der Waals surface area contributed by atoms with Crippen LogP contribution in [0.4, 0.5) is 0 Å². The van der Waals surface area contributed by atoms with Gasteiger partial charge in [-0.25, -0.2) is 0 Å². The van der Waals surface area contributed by atoms with Crippen molar-refractivity contribution in [1.82, 2.24) is 10.2 Å². The Hall–Kier alpha value is -1.12. The number of nitriles is 1. The fourth-order valence-electron chi connectivity index (χ4n) is 1.96. The van der Waals surface area contributed by atoms with Crippen LogP contribution in [0.2, 0.25) is 0 Å². The van der Waals surface area contributed by atoms with Crippen LogP contribution in [0.1, 0.15) is 13.3 Å². The number of aliphatic hydroxyl groups excluding tert-OH is 1. The molecule has 84 valence electrons. The summed E-state index contributed by atoms with van der Waals surface area (Å²) in [5.74, 6) is 0.280. The zero-order valence-electron chi connectivity index (χ0n) is 8.94. The van der Waals surface area contributed by atoms with Crippen LogP contribution in [-0.4, -0.2) is 48.2 Å². The molecule has 1 amide bonds. The molecule has 5 heteroatoms. The Labute approximate surface area is 89.7 Å². The summed E-state index contributed by atoms with van der Waals surface area (Å²) in [5, 5.41) is 20.0. The average Bonchev–Trinajstić information content (AvgIpc) is 2.56. The van der Waals surface area contributed by atoms with Crippen molar-refractivity contribution in [2.45, 2.75) is 19.4 Å². The lowest BCUT2D eigenvalue weighted by Gasteiger charge is -2.23. The van der Waals surface area contributed by atoms with Gasteiger partial charge in [0.15, 0.2) is 0 Å². The number of carbonyl (C=O) groups is 1. The first-order valence-corrected chi connectivity index (χ1v) is 5.17. The van der Waals surface area contributed by atoms with E-state index >= 15 is 0 Å². The molecule has 15 heavy (non-hydrogen) atoms. The number of likely N-dealkylation sites (tertiary alicyclic amines) is 1. The lowest BCUT2D eigenvalue weighted by Crippen LogP contribution is -2.42.